The highest BCUT2D eigenvalue weighted by molar-refractivity contribution is 6.30. The van der Waals surface area contributed by atoms with Crippen molar-refractivity contribution in [3.63, 3.8) is 0 Å². The van der Waals surface area contributed by atoms with Crippen molar-refractivity contribution in [1.29, 1.82) is 0 Å². The minimum Gasteiger partial charge on any atom is -0.453 e. The molecule has 1 heterocycles. The van der Waals surface area contributed by atoms with Crippen LogP contribution in [0.3, 0.4) is 0 Å². The van der Waals surface area contributed by atoms with E-state index in [2.05, 4.69) is 0 Å². The second-order valence-electron chi connectivity index (χ2n) is 3.11. The molecular formula is C11H9ClO2. The lowest BCUT2D eigenvalue weighted by atomic mass is 10.1. The number of ketones is 1. The van der Waals surface area contributed by atoms with Crippen LogP contribution in [-0.4, -0.2) is 11.7 Å². The van der Waals surface area contributed by atoms with Crippen LogP contribution in [0.2, 0.25) is 0 Å². The first-order chi connectivity index (χ1) is 6.74. The molecule has 1 aromatic heterocycles. The molecule has 2 aromatic rings. The molecule has 0 saturated heterocycles. The first kappa shape index (κ1) is 9.28. The van der Waals surface area contributed by atoms with Crippen LogP contribution in [0.25, 0.3) is 11.0 Å². The summed E-state index contributed by atoms with van der Waals surface area (Å²) in [4.78, 5) is 11.4. The van der Waals surface area contributed by atoms with Gasteiger partial charge in [0.25, 0.3) is 0 Å². The van der Waals surface area contributed by atoms with E-state index < -0.39 is 0 Å². The Bertz CT molecular complexity index is 485. The van der Waals surface area contributed by atoms with E-state index in [1.54, 1.807) is 0 Å². The fraction of sp³-hybridized carbons (Fsp3) is 0.182. The van der Waals surface area contributed by atoms with Crippen molar-refractivity contribution in [2.45, 2.75) is 6.92 Å². The Morgan fingerprint density at radius 1 is 1.43 bits per heavy atom. The number of benzene rings is 1. The third kappa shape index (κ3) is 1.32. The molecule has 0 fully saturated rings. The van der Waals surface area contributed by atoms with Crippen molar-refractivity contribution in [2.75, 3.05) is 5.88 Å². The van der Waals surface area contributed by atoms with Gasteiger partial charge in [-0.15, -0.1) is 11.6 Å². The van der Waals surface area contributed by atoms with Crippen LogP contribution < -0.4 is 0 Å². The molecule has 2 rings (SSSR count). The van der Waals surface area contributed by atoms with Crippen molar-refractivity contribution in [3.05, 3.63) is 35.6 Å². The van der Waals surface area contributed by atoms with Crippen molar-refractivity contribution in [1.82, 2.24) is 0 Å². The summed E-state index contributed by atoms with van der Waals surface area (Å²) in [7, 11) is 0. The number of aryl methyl sites for hydroxylation is 1. The number of para-hydroxylation sites is 1. The molecule has 0 radical (unpaired) electrons. The average Bonchev–Trinajstić information content (AvgIpc) is 2.56. The second-order valence-corrected chi connectivity index (χ2v) is 3.38. The Kier molecular flexibility index (Phi) is 2.30. The minimum atomic E-state index is -0.166. The van der Waals surface area contributed by atoms with Gasteiger partial charge in [-0.05, 0) is 13.0 Å². The highest BCUT2D eigenvalue weighted by atomic mass is 35.5. The van der Waals surface area contributed by atoms with Gasteiger partial charge in [-0.1, -0.05) is 18.2 Å². The van der Waals surface area contributed by atoms with Crippen LogP contribution in [0.5, 0.6) is 0 Å². The van der Waals surface area contributed by atoms with Gasteiger partial charge in [-0.2, -0.15) is 0 Å². The molecule has 0 aliphatic carbocycles. The normalized spacial score (nSPS) is 10.7. The van der Waals surface area contributed by atoms with Crippen LogP contribution in [0.1, 0.15) is 16.1 Å². The topological polar surface area (TPSA) is 30.2 Å². The highest BCUT2D eigenvalue weighted by Crippen LogP contribution is 2.25. The first-order valence-electron chi connectivity index (χ1n) is 4.31. The Hall–Kier alpha value is -1.28. The number of hydrogen-bond acceptors (Lipinski definition) is 2. The molecular weight excluding hydrogens is 200 g/mol. The molecule has 1 aromatic carbocycles. The lowest BCUT2D eigenvalue weighted by Gasteiger charge is -1.91. The van der Waals surface area contributed by atoms with Crippen LogP contribution >= 0.6 is 11.6 Å². The molecule has 3 heteroatoms. The van der Waals surface area contributed by atoms with E-state index in [4.69, 9.17) is 16.0 Å². The minimum absolute atomic E-state index is 0.0410. The van der Waals surface area contributed by atoms with Crippen molar-refractivity contribution >= 4 is 28.4 Å². The number of fused-ring (bicyclic) bond motifs is 1. The number of rotatable bonds is 2. The molecule has 72 valence electrons. The van der Waals surface area contributed by atoms with Crippen LogP contribution in [-0.2, 0) is 0 Å². The molecule has 0 saturated carbocycles. The average molecular weight is 209 g/mol. The summed E-state index contributed by atoms with van der Waals surface area (Å²) < 4.78 is 5.42. The smallest absolute Gasteiger partial charge is 0.212 e. The monoisotopic (exact) mass is 208 g/mol. The van der Waals surface area contributed by atoms with Crippen LogP contribution in [0.4, 0.5) is 0 Å². The Morgan fingerprint density at radius 2 is 2.14 bits per heavy atom. The number of halogens is 1. The number of hydrogen-bond donors (Lipinski definition) is 0. The fourth-order valence-electron chi connectivity index (χ4n) is 1.50. The summed E-state index contributed by atoms with van der Waals surface area (Å²) in [5, 5.41) is 0.973. The van der Waals surface area contributed by atoms with Gasteiger partial charge < -0.3 is 4.42 Å². The maximum Gasteiger partial charge on any atom is 0.212 e. The number of carbonyl (C=O) groups excluding carboxylic acids is 1. The zero-order chi connectivity index (χ0) is 10.1. The summed E-state index contributed by atoms with van der Waals surface area (Å²) >= 11 is 5.48. The third-order valence-corrected chi connectivity index (χ3v) is 2.46. The number of alkyl halides is 1. The Labute approximate surface area is 86.5 Å². The van der Waals surface area contributed by atoms with E-state index in [0.29, 0.717) is 5.76 Å². The second kappa shape index (κ2) is 3.46. The van der Waals surface area contributed by atoms with Gasteiger partial charge in [-0.25, -0.2) is 0 Å². The number of furan rings is 1. The van der Waals surface area contributed by atoms with Gasteiger partial charge in [-0.3, -0.25) is 4.79 Å². The van der Waals surface area contributed by atoms with Gasteiger partial charge in [0.15, 0.2) is 5.76 Å². The van der Waals surface area contributed by atoms with Gasteiger partial charge in [0, 0.05) is 10.9 Å². The van der Waals surface area contributed by atoms with E-state index in [1.165, 1.54) is 0 Å². The van der Waals surface area contributed by atoms with E-state index in [-0.39, 0.29) is 11.7 Å². The number of Topliss-reactive ketones (excluding diaryl/α,β-unsaturated/α-hetero) is 1. The Balaban J connectivity index is 2.68. The highest BCUT2D eigenvalue weighted by Gasteiger charge is 2.15. The molecule has 0 spiro atoms. The van der Waals surface area contributed by atoms with Crippen LogP contribution in [0.15, 0.2) is 28.7 Å². The first-order valence-corrected chi connectivity index (χ1v) is 4.85. The molecule has 0 amide bonds. The van der Waals surface area contributed by atoms with E-state index in [9.17, 15) is 4.79 Å². The number of carbonyl (C=O) groups is 1. The van der Waals surface area contributed by atoms with E-state index in [1.807, 2.05) is 31.2 Å². The predicted octanol–water partition coefficient (Wildman–Crippen LogP) is 3.16. The van der Waals surface area contributed by atoms with Crippen LogP contribution in [0, 0.1) is 6.92 Å². The van der Waals surface area contributed by atoms with Crippen molar-refractivity contribution in [3.8, 4) is 0 Å². The summed E-state index contributed by atoms with van der Waals surface area (Å²) in [6, 6.07) is 7.56. The molecule has 2 nitrogen and oxygen atoms in total. The fourth-order valence-corrected chi connectivity index (χ4v) is 1.62. The summed E-state index contributed by atoms with van der Waals surface area (Å²) in [6.07, 6.45) is 0. The molecule has 14 heavy (non-hydrogen) atoms. The maximum absolute atomic E-state index is 11.4. The molecule has 0 atom stereocenters. The van der Waals surface area contributed by atoms with E-state index in [0.717, 1.165) is 16.5 Å². The largest absolute Gasteiger partial charge is 0.453 e. The summed E-state index contributed by atoms with van der Waals surface area (Å²) in [5.41, 5.74) is 1.60. The zero-order valence-electron chi connectivity index (χ0n) is 7.71. The van der Waals surface area contributed by atoms with Crippen molar-refractivity contribution < 1.29 is 9.21 Å². The van der Waals surface area contributed by atoms with Gasteiger partial charge in [0.2, 0.25) is 5.78 Å². The third-order valence-electron chi connectivity index (χ3n) is 2.22. The van der Waals surface area contributed by atoms with Gasteiger partial charge >= 0.3 is 0 Å². The van der Waals surface area contributed by atoms with Crippen molar-refractivity contribution in [2.24, 2.45) is 0 Å². The lowest BCUT2D eigenvalue weighted by molar-refractivity contribution is 0.0992. The summed E-state index contributed by atoms with van der Waals surface area (Å²) in [5.74, 6) is 0.169. The molecule has 0 aliphatic rings. The molecule has 0 bridgehead atoms. The lowest BCUT2D eigenvalue weighted by Crippen LogP contribution is -1.99. The molecule has 0 unspecified atom stereocenters. The van der Waals surface area contributed by atoms with Gasteiger partial charge in [0.1, 0.15) is 5.58 Å². The SMILES string of the molecule is Cc1c(C(=O)CCl)oc2ccccc12. The molecule has 0 N–H and O–H groups in total. The zero-order valence-corrected chi connectivity index (χ0v) is 8.47. The Morgan fingerprint density at radius 3 is 2.79 bits per heavy atom. The maximum atomic E-state index is 11.4. The predicted molar refractivity (Wildman–Crippen MR) is 56.0 cm³/mol. The van der Waals surface area contributed by atoms with E-state index >= 15 is 0 Å². The summed E-state index contributed by atoms with van der Waals surface area (Å²) in [6.45, 7) is 1.87. The standard InChI is InChI=1S/C11H9ClO2/c1-7-8-4-2-3-5-10(8)14-11(7)9(13)6-12/h2-5H,6H2,1H3. The molecule has 0 aliphatic heterocycles. The van der Waals surface area contributed by atoms with Gasteiger partial charge in [0.05, 0.1) is 5.88 Å². The quantitative estimate of drug-likeness (QED) is 0.561.